The van der Waals surface area contributed by atoms with Crippen molar-refractivity contribution in [2.75, 3.05) is 34.4 Å². The Kier molecular flexibility index (Phi) is 12.5. The molecule has 0 aromatic heterocycles. The number of aliphatic hydroxyl groups excluding tert-OH is 2. The van der Waals surface area contributed by atoms with Gasteiger partial charge in [0.15, 0.2) is 4.87 Å². The van der Waals surface area contributed by atoms with Gasteiger partial charge in [-0.05, 0) is 80.6 Å². The molecule has 0 radical (unpaired) electrons. The van der Waals surface area contributed by atoms with Gasteiger partial charge in [-0.1, -0.05) is 69.3 Å². The SMILES string of the molecule is COc1c(CN2O[C@@H](CO)[C@H]([C@H](C)O)[C@H]2C(=O)N[C@H]2C[C@H]3C[C@@H]([C@@H]2C)C3(C)C)cccc1-c1cc(C(=O)N[C@@H](Cc2ccccc2)CN(C)C)cc([N+](N)=O)c1. The van der Waals surface area contributed by atoms with Crippen LogP contribution in [0.2, 0.25) is 0 Å². The summed E-state index contributed by atoms with van der Waals surface area (Å²) in [5, 5.41) is 29.3. The number of ether oxygens (including phenoxy) is 1. The average molecular weight is 772 g/mol. The Labute approximate surface area is 330 Å². The smallest absolute Gasteiger partial charge is 0.293 e. The van der Waals surface area contributed by atoms with Crippen LogP contribution in [0, 0.1) is 34.0 Å². The highest BCUT2D eigenvalue weighted by molar-refractivity contribution is 5.97. The van der Waals surface area contributed by atoms with E-state index >= 15 is 0 Å². The number of hydroxylamine groups is 2. The number of carbonyl (C=O) groups is 2. The number of likely N-dealkylation sites (N-methyl/N-ethyl adjacent to an activating group) is 1. The molecule has 2 bridgehead atoms. The molecule has 4 fully saturated rings. The lowest BCUT2D eigenvalue weighted by molar-refractivity contribution is -0.474. The third-order valence-corrected chi connectivity index (χ3v) is 12.7. The van der Waals surface area contributed by atoms with Crippen LogP contribution in [0.5, 0.6) is 5.75 Å². The van der Waals surface area contributed by atoms with Gasteiger partial charge in [-0.25, -0.2) is 0 Å². The molecule has 0 unspecified atom stereocenters. The van der Waals surface area contributed by atoms with E-state index in [9.17, 15) is 24.7 Å². The zero-order valence-corrected chi connectivity index (χ0v) is 33.6. The molecule has 13 nitrogen and oxygen atoms in total. The van der Waals surface area contributed by atoms with Crippen LogP contribution in [-0.2, 0) is 22.6 Å². The van der Waals surface area contributed by atoms with Gasteiger partial charge in [0.2, 0.25) is 5.91 Å². The van der Waals surface area contributed by atoms with Gasteiger partial charge in [0, 0.05) is 53.4 Å². The Morgan fingerprint density at radius 2 is 1.84 bits per heavy atom. The number of rotatable bonds is 15. The molecule has 7 rings (SSSR count). The van der Waals surface area contributed by atoms with Crippen LogP contribution in [0.1, 0.15) is 62.0 Å². The molecule has 9 atom stereocenters. The number of carbonyl (C=O) groups excluding carboxylic acids is 2. The molecule has 1 aliphatic heterocycles. The number of nitrogens with one attached hydrogen (secondary N) is 2. The van der Waals surface area contributed by atoms with Crippen molar-refractivity contribution in [2.45, 2.75) is 83.8 Å². The molecule has 302 valence electrons. The highest BCUT2D eigenvalue weighted by Crippen LogP contribution is 2.61. The van der Waals surface area contributed by atoms with E-state index in [1.54, 1.807) is 24.1 Å². The van der Waals surface area contributed by atoms with E-state index in [0.29, 0.717) is 53.2 Å². The van der Waals surface area contributed by atoms with Crippen molar-refractivity contribution in [3.63, 3.8) is 0 Å². The number of amides is 2. The number of hydrogen-bond donors (Lipinski definition) is 5. The second kappa shape index (κ2) is 17.0. The third-order valence-electron chi connectivity index (χ3n) is 12.7. The first-order chi connectivity index (χ1) is 26.6. The number of para-hydroxylation sites is 1. The Morgan fingerprint density at radius 1 is 1.11 bits per heavy atom. The number of nitrogens with two attached hydrogens (primary N) is 1. The molecule has 3 aromatic carbocycles. The minimum Gasteiger partial charge on any atom is -0.496 e. The Hall–Kier alpha value is -4.40. The van der Waals surface area contributed by atoms with E-state index in [2.05, 4.69) is 31.4 Å². The summed E-state index contributed by atoms with van der Waals surface area (Å²) in [6, 6.07) is 19.1. The molecule has 3 aliphatic carbocycles. The van der Waals surface area contributed by atoms with Crippen molar-refractivity contribution in [1.29, 1.82) is 0 Å². The van der Waals surface area contributed by atoms with Crippen LogP contribution < -0.4 is 21.2 Å². The zero-order valence-electron chi connectivity index (χ0n) is 33.6. The summed E-state index contributed by atoms with van der Waals surface area (Å²) in [5.74, 6) is 6.22. The number of nitrogens with zero attached hydrogens (tertiary/aromatic N) is 3. The van der Waals surface area contributed by atoms with Gasteiger partial charge in [0.25, 0.3) is 11.6 Å². The second-order valence-electron chi connectivity index (χ2n) is 16.9. The quantitative estimate of drug-likeness (QED) is 0.0858. The van der Waals surface area contributed by atoms with Crippen LogP contribution in [-0.4, -0.2) is 102 Å². The number of methoxy groups -OCH3 is 1. The Balaban J connectivity index is 1.28. The minimum absolute atomic E-state index is 0.000104. The summed E-state index contributed by atoms with van der Waals surface area (Å²) in [6.07, 6.45) is 0.938. The summed E-state index contributed by atoms with van der Waals surface area (Å²) in [4.78, 5) is 49.2. The first-order valence-electron chi connectivity index (χ1n) is 19.7. The number of fused-ring (bicyclic) bond motifs is 2. The van der Waals surface area contributed by atoms with Crippen molar-refractivity contribution in [2.24, 2.45) is 34.9 Å². The predicted molar refractivity (Wildman–Crippen MR) is 213 cm³/mol. The van der Waals surface area contributed by atoms with Crippen molar-refractivity contribution >= 4 is 17.5 Å². The van der Waals surface area contributed by atoms with E-state index in [4.69, 9.17) is 15.4 Å². The summed E-state index contributed by atoms with van der Waals surface area (Å²) < 4.78 is 6.00. The number of aliphatic hydroxyl groups is 2. The summed E-state index contributed by atoms with van der Waals surface area (Å²) in [6.45, 7) is 8.75. The van der Waals surface area contributed by atoms with Crippen LogP contribution in [0.4, 0.5) is 5.69 Å². The van der Waals surface area contributed by atoms with Crippen LogP contribution >= 0.6 is 0 Å². The fourth-order valence-corrected chi connectivity index (χ4v) is 9.62. The van der Waals surface area contributed by atoms with E-state index in [1.807, 2.05) is 67.5 Å². The summed E-state index contributed by atoms with van der Waals surface area (Å²) in [7, 11) is 5.42. The van der Waals surface area contributed by atoms with Crippen molar-refractivity contribution in [3.05, 3.63) is 88.3 Å². The highest BCUT2D eigenvalue weighted by Gasteiger charge is 2.57. The minimum atomic E-state index is -0.944. The van der Waals surface area contributed by atoms with Gasteiger partial charge in [0.05, 0.1) is 31.3 Å². The summed E-state index contributed by atoms with van der Waals surface area (Å²) >= 11 is 0. The van der Waals surface area contributed by atoms with Crippen molar-refractivity contribution < 1.29 is 34.2 Å². The predicted octanol–water partition coefficient (Wildman–Crippen LogP) is 4.21. The first kappa shape index (κ1) is 41.2. The Morgan fingerprint density at radius 3 is 2.45 bits per heavy atom. The molecule has 4 aliphatic rings. The van der Waals surface area contributed by atoms with Gasteiger partial charge in [0.1, 0.15) is 17.9 Å². The van der Waals surface area contributed by atoms with Gasteiger partial charge < -0.3 is 30.5 Å². The van der Waals surface area contributed by atoms with E-state index in [-0.39, 0.29) is 58.6 Å². The second-order valence-corrected chi connectivity index (χ2v) is 16.9. The maximum Gasteiger partial charge on any atom is 0.293 e. The molecule has 2 amide bonds. The maximum atomic E-state index is 14.3. The van der Waals surface area contributed by atoms with Gasteiger partial charge in [-0.2, -0.15) is 10.9 Å². The highest BCUT2D eigenvalue weighted by atomic mass is 16.7. The number of nitroso groups, excluding NO2 is 1. The lowest BCUT2D eigenvalue weighted by Gasteiger charge is -2.62. The molecule has 3 saturated carbocycles. The third kappa shape index (κ3) is 8.47. The molecule has 0 spiro atoms. The molecule has 13 heteroatoms. The number of benzene rings is 3. The van der Waals surface area contributed by atoms with Crippen molar-refractivity contribution in [1.82, 2.24) is 20.6 Å². The van der Waals surface area contributed by atoms with Crippen LogP contribution in [0.3, 0.4) is 0 Å². The van der Waals surface area contributed by atoms with Crippen LogP contribution in [0.15, 0.2) is 66.7 Å². The number of hydrogen-bond acceptors (Lipinski definition) is 9. The monoisotopic (exact) mass is 771 g/mol. The zero-order chi connectivity index (χ0) is 40.5. The first-order valence-corrected chi connectivity index (χ1v) is 19.7. The number of hydrazine groups is 1. The van der Waals surface area contributed by atoms with Gasteiger partial charge >= 0.3 is 0 Å². The normalized spacial score (nSPS) is 26.6. The fourth-order valence-electron chi connectivity index (χ4n) is 9.62. The lowest BCUT2D eigenvalue weighted by Crippen LogP contribution is -2.62. The van der Waals surface area contributed by atoms with E-state index in [1.165, 1.54) is 19.6 Å². The van der Waals surface area contributed by atoms with Gasteiger partial charge in [-0.3, -0.25) is 14.4 Å². The molecule has 1 heterocycles. The van der Waals surface area contributed by atoms with Crippen LogP contribution in [0.25, 0.3) is 11.1 Å². The molecular weight excluding hydrogens is 713 g/mol. The lowest BCUT2D eigenvalue weighted by atomic mass is 9.45. The molecule has 56 heavy (non-hydrogen) atoms. The standard InChI is InChI=1S/C43H58N6O7/c1-25-35-20-31(43(35,3)4)21-36(25)46-42(53)39-38(26(2)51)37(24-50)56-48(39)22-28-14-11-15-34(40(28)55-7)29-17-30(19-33(18-29)49(44)54)41(52)45-32(23-47(5)6)16-27-12-9-8-10-13-27/h8-15,17-19,25-26,31-32,35-39,50-51H,16,20-24H2,1-7H3,(H3-,44,45,46,52,53,54)/p+1/t25-,26-,31+,32-,35-,36-,37-,38-,39-/m0/s1. The average Bonchev–Trinajstić information content (AvgIpc) is 3.53. The molecule has 1 saturated heterocycles. The molecule has 6 N–H and O–H groups in total. The Bertz CT molecular complexity index is 1890. The van der Waals surface area contributed by atoms with Gasteiger partial charge in [-0.15, -0.1) is 0 Å². The largest absolute Gasteiger partial charge is 0.496 e. The fraction of sp³-hybridized carbons (Fsp3) is 0.535. The maximum absolute atomic E-state index is 14.3. The molecule has 3 aromatic rings. The molecular formula is C43H59N6O7+. The van der Waals surface area contributed by atoms with Crippen molar-refractivity contribution in [3.8, 4) is 16.9 Å². The van der Waals surface area contributed by atoms with E-state index < -0.39 is 24.2 Å². The summed E-state index contributed by atoms with van der Waals surface area (Å²) in [5.41, 5.74) is 3.42. The van der Waals surface area contributed by atoms with E-state index in [0.717, 1.165) is 12.0 Å². The topological polar surface area (TPSA) is 170 Å².